The third-order valence-electron chi connectivity index (χ3n) is 4.54. The summed E-state index contributed by atoms with van der Waals surface area (Å²) in [6, 6.07) is 5.71. The maximum Gasteiger partial charge on any atom is 0.265 e. The highest BCUT2D eigenvalue weighted by Crippen LogP contribution is 2.53. The smallest absolute Gasteiger partial charge is 0.265 e. The number of likely N-dealkylation sites (tertiary alicyclic amines) is 1. The molecule has 1 aromatic rings. The van der Waals surface area contributed by atoms with E-state index in [4.69, 9.17) is 56.5 Å². The summed E-state index contributed by atoms with van der Waals surface area (Å²) in [4.78, 5) is 2.13. The van der Waals surface area contributed by atoms with Gasteiger partial charge in [-0.2, -0.15) is 0 Å². The van der Waals surface area contributed by atoms with Crippen LogP contribution in [0.15, 0.2) is 18.2 Å². The highest BCUT2D eigenvalue weighted by Gasteiger charge is 2.52. The van der Waals surface area contributed by atoms with Gasteiger partial charge in [-0.25, -0.2) is 0 Å². The van der Waals surface area contributed by atoms with E-state index in [0.717, 1.165) is 25.8 Å². The highest BCUT2D eigenvalue weighted by molar-refractivity contribution is 7.80. The van der Waals surface area contributed by atoms with Gasteiger partial charge in [0.05, 0.1) is 11.6 Å². The molecule has 2 fully saturated rings. The van der Waals surface area contributed by atoms with E-state index in [2.05, 4.69) is 11.8 Å². The minimum Gasteiger partial charge on any atom is -0.491 e. The van der Waals surface area contributed by atoms with Crippen LogP contribution in [-0.2, 0) is 0 Å². The number of piperidine rings is 1. The lowest BCUT2D eigenvalue weighted by Gasteiger charge is -2.34. The molecule has 132 valence electrons. The number of thiocarbonyl (C=S) groups is 1. The van der Waals surface area contributed by atoms with Crippen LogP contribution in [0, 0.1) is 5.92 Å². The van der Waals surface area contributed by atoms with Crippen molar-refractivity contribution in [1.29, 1.82) is 0 Å². The second-order valence-corrected chi connectivity index (χ2v) is 8.77. The third kappa shape index (κ3) is 4.40. The second-order valence-electron chi connectivity index (χ2n) is 6.47. The van der Waals surface area contributed by atoms with Crippen LogP contribution < -0.4 is 9.47 Å². The molecule has 0 bridgehead atoms. The summed E-state index contributed by atoms with van der Waals surface area (Å²) in [5.41, 5.74) is 0. The number of hydrogen-bond donors (Lipinski definition) is 0. The van der Waals surface area contributed by atoms with Crippen LogP contribution in [0.3, 0.4) is 0 Å². The largest absolute Gasteiger partial charge is 0.491 e. The van der Waals surface area contributed by atoms with Crippen molar-refractivity contribution in [2.24, 2.45) is 5.92 Å². The Bertz CT molecular complexity index is 626. The maximum atomic E-state index is 6.19. The third-order valence-corrected chi connectivity index (χ3v) is 6.10. The summed E-state index contributed by atoms with van der Waals surface area (Å²) >= 11 is 23.7. The van der Waals surface area contributed by atoms with Crippen LogP contribution in [-0.4, -0.2) is 33.6 Å². The molecule has 0 spiro atoms. The summed E-state index contributed by atoms with van der Waals surface area (Å²) in [5.74, 6) is 1.31. The zero-order valence-corrected chi connectivity index (χ0v) is 16.5. The molecule has 2 unspecified atom stereocenters. The summed E-state index contributed by atoms with van der Waals surface area (Å²) in [6.07, 6.45) is 4.26. The van der Waals surface area contributed by atoms with Crippen molar-refractivity contribution in [2.45, 2.75) is 43.0 Å². The molecule has 1 saturated carbocycles. The molecule has 0 N–H and O–H groups in total. The zero-order chi connectivity index (χ0) is 17.3. The van der Waals surface area contributed by atoms with Crippen LogP contribution in [0.4, 0.5) is 0 Å². The van der Waals surface area contributed by atoms with Crippen LogP contribution in [0.1, 0.15) is 32.6 Å². The Morgan fingerprint density at radius 3 is 2.79 bits per heavy atom. The molecule has 24 heavy (non-hydrogen) atoms. The van der Waals surface area contributed by atoms with Crippen LogP contribution >= 0.6 is 47.0 Å². The lowest BCUT2D eigenvalue weighted by Crippen LogP contribution is -2.43. The molecule has 0 aromatic heterocycles. The van der Waals surface area contributed by atoms with Gasteiger partial charge >= 0.3 is 0 Å². The summed E-state index contributed by atoms with van der Waals surface area (Å²) < 4.78 is 10.9. The molecular weight excluding hydrogens is 389 g/mol. The van der Waals surface area contributed by atoms with Gasteiger partial charge < -0.3 is 14.4 Å². The summed E-state index contributed by atoms with van der Waals surface area (Å²) in [5, 5.41) is 1.02. The number of ether oxygens (including phenoxy) is 2. The molecule has 1 aromatic carbocycles. The quantitative estimate of drug-likeness (QED) is 0.488. The Morgan fingerprint density at radius 2 is 2.12 bits per heavy atom. The molecule has 1 aliphatic heterocycles. The van der Waals surface area contributed by atoms with Gasteiger partial charge in [0.2, 0.25) is 0 Å². The molecule has 2 atom stereocenters. The normalized spacial score (nSPS) is 25.2. The molecule has 3 rings (SSSR count). The Balaban J connectivity index is 1.61. The van der Waals surface area contributed by atoms with Crippen LogP contribution in [0.2, 0.25) is 5.02 Å². The Labute approximate surface area is 163 Å². The van der Waals surface area contributed by atoms with Gasteiger partial charge in [0.15, 0.2) is 0 Å². The SMILES string of the molecule is CC1CCCCN1C(=S)Oc1ccc(Cl)c(OCC2CC2(Cl)Cl)c1. The topological polar surface area (TPSA) is 21.7 Å². The lowest BCUT2D eigenvalue weighted by atomic mass is 10.1. The number of alkyl halides is 2. The molecule has 7 heteroatoms. The van der Waals surface area contributed by atoms with Gasteiger partial charge in [-0.15, -0.1) is 23.2 Å². The molecule has 1 heterocycles. The lowest BCUT2D eigenvalue weighted by molar-refractivity contribution is 0.229. The van der Waals surface area contributed by atoms with E-state index in [-0.39, 0.29) is 5.92 Å². The fraction of sp³-hybridized carbons (Fsp3) is 0.588. The first-order valence-corrected chi connectivity index (χ1v) is 9.69. The zero-order valence-electron chi connectivity index (χ0n) is 13.4. The highest BCUT2D eigenvalue weighted by atomic mass is 35.5. The molecule has 3 nitrogen and oxygen atoms in total. The summed E-state index contributed by atoms with van der Waals surface area (Å²) in [7, 11) is 0. The number of benzene rings is 1. The standard InChI is InChI=1S/C17H20Cl3NO2S/c1-11-4-2-3-7-21(11)16(24)23-13-5-6-14(18)15(8-13)22-10-12-9-17(12,19)20/h5-6,8,11-12H,2-4,7,9-10H2,1H3. The van der Waals surface area contributed by atoms with Gasteiger partial charge in [0, 0.05) is 24.6 Å². The average Bonchev–Trinajstić information content (AvgIpc) is 3.15. The molecule has 0 amide bonds. The van der Waals surface area contributed by atoms with E-state index in [0.29, 0.717) is 34.3 Å². The van der Waals surface area contributed by atoms with Crippen molar-refractivity contribution >= 4 is 52.2 Å². The van der Waals surface area contributed by atoms with Crippen molar-refractivity contribution in [2.75, 3.05) is 13.2 Å². The minimum absolute atomic E-state index is 0.136. The first kappa shape index (κ1) is 18.4. The fourth-order valence-corrected chi connectivity index (χ4v) is 3.87. The van der Waals surface area contributed by atoms with E-state index in [1.807, 2.05) is 0 Å². The van der Waals surface area contributed by atoms with Gasteiger partial charge in [0.1, 0.15) is 15.8 Å². The van der Waals surface area contributed by atoms with E-state index in [1.165, 1.54) is 6.42 Å². The van der Waals surface area contributed by atoms with Gasteiger partial charge in [-0.05, 0) is 57.0 Å². The minimum atomic E-state index is -0.660. The van der Waals surface area contributed by atoms with E-state index in [1.54, 1.807) is 18.2 Å². The molecule has 0 radical (unpaired) electrons. The van der Waals surface area contributed by atoms with Crippen molar-refractivity contribution in [3.63, 3.8) is 0 Å². The van der Waals surface area contributed by atoms with Crippen LogP contribution in [0.5, 0.6) is 11.5 Å². The van der Waals surface area contributed by atoms with Gasteiger partial charge in [-0.1, -0.05) is 11.6 Å². The number of nitrogens with zero attached hydrogens (tertiary/aromatic N) is 1. The number of hydrogen-bond acceptors (Lipinski definition) is 3. The average molecular weight is 409 g/mol. The summed E-state index contributed by atoms with van der Waals surface area (Å²) in [6.45, 7) is 3.54. The van der Waals surface area contributed by atoms with Crippen molar-refractivity contribution in [1.82, 2.24) is 4.90 Å². The van der Waals surface area contributed by atoms with Crippen LogP contribution in [0.25, 0.3) is 0 Å². The molecule has 1 saturated heterocycles. The predicted octanol–water partition coefficient (Wildman–Crippen LogP) is 5.45. The van der Waals surface area contributed by atoms with Crippen molar-refractivity contribution in [3.05, 3.63) is 23.2 Å². The predicted molar refractivity (Wildman–Crippen MR) is 103 cm³/mol. The van der Waals surface area contributed by atoms with Gasteiger partial charge in [-0.3, -0.25) is 0 Å². The Morgan fingerprint density at radius 1 is 1.38 bits per heavy atom. The monoisotopic (exact) mass is 407 g/mol. The van der Waals surface area contributed by atoms with E-state index < -0.39 is 4.33 Å². The molecule has 1 aliphatic carbocycles. The molecule has 2 aliphatic rings. The Kier molecular flexibility index (Phi) is 5.70. The molecular formula is C17H20Cl3NO2S. The maximum absolute atomic E-state index is 6.19. The fourth-order valence-electron chi connectivity index (χ4n) is 2.83. The number of rotatable bonds is 4. The van der Waals surface area contributed by atoms with Gasteiger partial charge in [0.25, 0.3) is 5.17 Å². The second kappa shape index (κ2) is 7.45. The Hall–Kier alpha value is -0.420. The van der Waals surface area contributed by atoms with E-state index >= 15 is 0 Å². The van der Waals surface area contributed by atoms with E-state index in [9.17, 15) is 0 Å². The number of halogens is 3. The first-order valence-electron chi connectivity index (χ1n) is 8.15. The van der Waals surface area contributed by atoms with Crippen molar-refractivity contribution < 1.29 is 9.47 Å². The first-order chi connectivity index (χ1) is 11.4. The van der Waals surface area contributed by atoms with Crippen molar-refractivity contribution in [3.8, 4) is 11.5 Å².